The number of ether oxygens (including phenoxy) is 1. The maximum Gasteiger partial charge on any atom is 0.275 e. The Hall–Kier alpha value is -2.95. The van der Waals surface area contributed by atoms with Crippen molar-refractivity contribution in [2.45, 2.75) is 0 Å². The Bertz CT molecular complexity index is 719. The summed E-state index contributed by atoms with van der Waals surface area (Å²) in [6.45, 7) is 0. The summed E-state index contributed by atoms with van der Waals surface area (Å²) in [5, 5.41) is 2.75. The number of hydrogen-bond donors (Lipinski definition) is 1. The van der Waals surface area contributed by atoms with Crippen molar-refractivity contribution in [2.75, 3.05) is 7.11 Å². The molecular weight excluding hydrogens is 266 g/mol. The first kappa shape index (κ1) is 13.1. The molecule has 1 aromatic carbocycles. The highest BCUT2D eigenvalue weighted by molar-refractivity contribution is 6.19. The van der Waals surface area contributed by atoms with E-state index in [2.05, 4.69) is 15.3 Å². The molecule has 0 fully saturated rings. The van der Waals surface area contributed by atoms with Gasteiger partial charge in [0.25, 0.3) is 5.91 Å². The number of aliphatic imine (C=N–C) groups is 1. The molecule has 0 radical (unpaired) electrons. The van der Waals surface area contributed by atoms with Crippen LogP contribution in [0.1, 0.15) is 11.1 Å². The summed E-state index contributed by atoms with van der Waals surface area (Å²) in [5.74, 6) is 1.11. The van der Waals surface area contributed by atoms with Gasteiger partial charge in [0.1, 0.15) is 17.3 Å². The summed E-state index contributed by atoms with van der Waals surface area (Å²) in [5.41, 5.74) is 2.10. The molecule has 0 atom stereocenters. The SMILES string of the molecule is COc1ccc(/C=C2\N=C(c3ccncc3)NC2=O)cc1. The average molecular weight is 279 g/mol. The minimum Gasteiger partial charge on any atom is -0.497 e. The number of aromatic nitrogens is 1. The topological polar surface area (TPSA) is 63.6 Å². The number of pyridine rings is 1. The second kappa shape index (κ2) is 5.58. The largest absolute Gasteiger partial charge is 0.497 e. The van der Waals surface area contributed by atoms with E-state index in [1.807, 2.05) is 24.3 Å². The van der Waals surface area contributed by atoms with E-state index < -0.39 is 0 Å². The van der Waals surface area contributed by atoms with Gasteiger partial charge in [-0.25, -0.2) is 4.99 Å². The number of nitrogens with zero attached hydrogens (tertiary/aromatic N) is 2. The lowest BCUT2D eigenvalue weighted by Crippen LogP contribution is -2.24. The van der Waals surface area contributed by atoms with Gasteiger partial charge in [0.15, 0.2) is 0 Å². The molecule has 1 aliphatic heterocycles. The van der Waals surface area contributed by atoms with Crippen molar-refractivity contribution in [3.05, 3.63) is 65.6 Å². The Balaban J connectivity index is 1.89. The Morgan fingerprint density at radius 3 is 2.48 bits per heavy atom. The van der Waals surface area contributed by atoms with Crippen molar-refractivity contribution >= 4 is 17.8 Å². The molecule has 0 aliphatic carbocycles. The van der Waals surface area contributed by atoms with E-state index in [0.29, 0.717) is 11.5 Å². The predicted octanol–water partition coefficient (Wildman–Crippen LogP) is 2.01. The number of amidine groups is 1. The zero-order chi connectivity index (χ0) is 14.7. The van der Waals surface area contributed by atoms with Crippen LogP contribution < -0.4 is 10.1 Å². The lowest BCUT2D eigenvalue weighted by atomic mass is 10.2. The number of benzene rings is 1. The molecule has 0 bridgehead atoms. The van der Waals surface area contributed by atoms with E-state index in [9.17, 15) is 4.79 Å². The fourth-order valence-corrected chi connectivity index (χ4v) is 1.97. The second-order valence-corrected chi connectivity index (χ2v) is 4.45. The van der Waals surface area contributed by atoms with Crippen LogP contribution in [0, 0.1) is 0 Å². The van der Waals surface area contributed by atoms with E-state index in [1.165, 1.54) is 0 Å². The first-order chi connectivity index (χ1) is 10.3. The first-order valence-corrected chi connectivity index (χ1v) is 6.42. The number of methoxy groups -OCH3 is 1. The molecule has 1 N–H and O–H groups in total. The quantitative estimate of drug-likeness (QED) is 0.874. The third-order valence-electron chi connectivity index (χ3n) is 3.07. The minimum atomic E-state index is -0.211. The monoisotopic (exact) mass is 279 g/mol. The third kappa shape index (κ3) is 2.81. The molecule has 1 aromatic heterocycles. The summed E-state index contributed by atoms with van der Waals surface area (Å²) in [4.78, 5) is 20.2. The van der Waals surface area contributed by atoms with Gasteiger partial charge in [-0.15, -0.1) is 0 Å². The third-order valence-corrected chi connectivity index (χ3v) is 3.07. The standard InChI is InChI=1S/C16H13N3O2/c1-21-13-4-2-11(3-5-13)10-14-16(20)19-15(18-14)12-6-8-17-9-7-12/h2-10H,1H3,(H,18,19,20)/b14-10-. The van der Waals surface area contributed by atoms with Crippen molar-refractivity contribution in [1.82, 2.24) is 10.3 Å². The van der Waals surface area contributed by atoms with Gasteiger partial charge in [0, 0.05) is 18.0 Å². The molecule has 104 valence electrons. The van der Waals surface area contributed by atoms with Crippen LogP contribution in [0.5, 0.6) is 5.75 Å². The molecule has 5 heteroatoms. The van der Waals surface area contributed by atoms with Gasteiger partial charge in [0.05, 0.1) is 7.11 Å². The lowest BCUT2D eigenvalue weighted by Gasteiger charge is -1.99. The zero-order valence-electron chi connectivity index (χ0n) is 11.4. The van der Waals surface area contributed by atoms with E-state index in [4.69, 9.17) is 4.74 Å². The molecule has 1 amide bonds. The summed E-state index contributed by atoms with van der Waals surface area (Å²) < 4.78 is 5.10. The first-order valence-electron chi connectivity index (χ1n) is 6.42. The van der Waals surface area contributed by atoms with Gasteiger partial charge >= 0.3 is 0 Å². The van der Waals surface area contributed by atoms with Crippen LogP contribution >= 0.6 is 0 Å². The van der Waals surface area contributed by atoms with Gasteiger partial charge in [-0.3, -0.25) is 9.78 Å². The van der Waals surface area contributed by atoms with Gasteiger partial charge in [-0.2, -0.15) is 0 Å². The molecule has 5 nitrogen and oxygen atoms in total. The van der Waals surface area contributed by atoms with E-state index in [0.717, 1.165) is 16.9 Å². The van der Waals surface area contributed by atoms with Crippen LogP contribution in [0.25, 0.3) is 6.08 Å². The van der Waals surface area contributed by atoms with Crippen LogP contribution in [-0.2, 0) is 4.79 Å². The van der Waals surface area contributed by atoms with Crippen molar-refractivity contribution in [1.29, 1.82) is 0 Å². The van der Waals surface area contributed by atoms with Gasteiger partial charge in [-0.05, 0) is 35.9 Å². The molecular formula is C16H13N3O2. The maximum absolute atomic E-state index is 12.0. The predicted molar refractivity (Wildman–Crippen MR) is 79.9 cm³/mol. The van der Waals surface area contributed by atoms with Gasteiger partial charge < -0.3 is 10.1 Å². The molecule has 21 heavy (non-hydrogen) atoms. The number of nitrogens with one attached hydrogen (secondary N) is 1. The molecule has 0 saturated heterocycles. The highest BCUT2D eigenvalue weighted by Gasteiger charge is 2.20. The van der Waals surface area contributed by atoms with Crippen molar-refractivity contribution in [3.63, 3.8) is 0 Å². The number of rotatable bonds is 3. The minimum absolute atomic E-state index is 0.211. The summed E-state index contributed by atoms with van der Waals surface area (Å²) in [6, 6.07) is 11.0. The fourth-order valence-electron chi connectivity index (χ4n) is 1.97. The number of amides is 1. The molecule has 2 aromatic rings. The molecule has 3 rings (SSSR count). The number of carbonyl (C=O) groups excluding carboxylic acids is 1. The van der Waals surface area contributed by atoms with Crippen molar-refractivity contribution in [3.8, 4) is 5.75 Å². The smallest absolute Gasteiger partial charge is 0.275 e. The average Bonchev–Trinajstić information content (AvgIpc) is 2.90. The lowest BCUT2D eigenvalue weighted by molar-refractivity contribution is -0.115. The van der Waals surface area contributed by atoms with Gasteiger partial charge in [0.2, 0.25) is 0 Å². The normalized spacial score (nSPS) is 15.8. The van der Waals surface area contributed by atoms with Crippen molar-refractivity contribution < 1.29 is 9.53 Å². The maximum atomic E-state index is 12.0. The summed E-state index contributed by atoms with van der Waals surface area (Å²) >= 11 is 0. The highest BCUT2D eigenvalue weighted by Crippen LogP contribution is 2.17. The molecule has 2 heterocycles. The second-order valence-electron chi connectivity index (χ2n) is 4.45. The number of carbonyl (C=O) groups is 1. The molecule has 0 saturated carbocycles. The summed E-state index contributed by atoms with van der Waals surface area (Å²) in [6.07, 6.45) is 5.06. The van der Waals surface area contributed by atoms with Gasteiger partial charge in [-0.1, -0.05) is 12.1 Å². The van der Waals surface area contributed by atoms with Crippen molar-refractivity contribution in [2.24, 2.45) is 4.99 Å². The Kier molecular flexibility index (Phi) is 3.47. The van der Waals surface area contributed by atoms with E-state index in [1.54, 1.807) is 37.7 Å². The van der Waals surface area contributed by atoms with E-state index >= 15 is 0 Å². The van der Waals surface area contributed by atoms with Crippen LogP contribution in [0.15, 0.2) is 59.5 Å². The summed E-state index contributed by atoms with van der Waals surface area (Å²) in [7, 11) is 1.61. The highest BCUT2D eigenvalue weighted by atomic mass is 16.5. The molecule has 0 unspecified atom stereocenters. The van der Waals surface area contributed by atoms with E-state index in [-0.39, 0.29) is 5.91 Å². The Morgan fingerprint density at radius 1 is 1.10 bits per heavy atom. The Morgan fingerprint density at radius 2 is 1.81 bits per heavy atom. The number of hydrogen-bond acceptors (Lipinski definition) is 4. The van der Waals surface area contributed by atoms with Crippen LogP contribution in [0.3, 0.4) is 0 Å². The van der Waals surface area contributed by atoms with Crippen LogP contribution in [-0.4, -0.2) is 23.8 Å². The molecule has 1 aliphatic rings. The zero-order valence-corrected chi connectivity index (χ0v) is 11.4. The molecule has 0 spiro atoms. The Labute approximate surface area is 122 Å². The van der Waals surface area contributed by atoms with Crippen LogP contribution in [0.4, 0.5) is 0 Å². The van der Waals surface area contributed by atoms with Crippen LogP contribution in [0.2, 0.25) is 0 Å². The fraction of sp³-hybridized carbons (Fsp3) is 0.0625.